The van der Waals surface area contributed by atoms with Gasteiger partial charge in [0.1, 0.15) is 30.8 Å². The second-order valence-electron chi connectivity index (χ2n) is 10.3. The fourth-order valence-electron chi connectivity index (χ4n) is 4.73. The van der Waals surface area contributed by atoms with Gasteiger partial charge in [-0.05, 0) is 72.3 Å². The van der Waals surface area contributed by atoms with E-state index in [4.69, 9.17) is 18.9 Å². The number of ether oxygens (including phenoxy) is 4. The lowest BCUT2D eigenvalue weighted by Gasteiger charge is -2.21. The van der Waals surface area contributed by atoms with Crippen LogP contribution in [0.3, 0.4) is 0 Å². The van der Waals surface area contributed by atoms with E-state index in [1.165, 1.54) is 0 Å². The van der Waals surface area contributed by atoms with Crippen LogP contribution in [0.5, 0.6) is 11.5 Å². The van der Waals surface area contributed by atoms with Crippen molar-refractivity contribution in [3.63, 3.8) is 0 Å². The number of carbonyl (C=O) groups excluding carboxylic acids is 2. The maximum atomic E-state index is 13.0. The number of hydrogen-bond donors (Lipinski definition) is 2. The number of alkyl carbamates (subject to hydrolysis) is 1. The summed E-state index contributed by atoms with van der Waals surface area (Å²) in [7, 11) is 3.30. The lowest BCUT2D eigenvalue weighted by Crippen LogP contribution is -2.42. The molecule has 4 aromatic rings. The topological polar surface area (TPSA) is 95.1 Å². The van der Waals surface area contributed by atoms with E-state index < -0.39 is 18.1 Å². The van der Waals surface area contributed by atoms with Crippen LogP contribution in [0.25, 0.3) is 0 Å². The van der Waals surface area contributed by atoms with Crippen LogP contribution in [0.2, 0.25) is 0 Å². The fourth-order valence-corrected chi connectivity index (χ4v) is 4.73. The molecule has 0 aliphatic heterocycles. The van der Waals surface area contributed by atoms with Crippen molar-refractivity contribution in [2.45, 2.75) is 44.6 Å². The van der Waals surface area contributed by atoms with Crippen LogP contribution < -0.4 is 20.1 Å². The standard InChI is InChI=1S/C36H40N2O6/c1-41-31-20-16-29(17-21-31)34(30-18-22-32(42-2)23-19-30)37-24-10-9-15-33(35(39)43-25-27-11-5-3-6-12-27)38-36(40)44-26-28-13-7-4-8-14-28/h3-8,11-14,16-23,33-34,37H,9-10,15,24-26H2,1-2H3,(H,38,40)/t33-/m0/s1. The third kappa shape index (κ3) is 10.2. The molecule has 8 heteroatoms. The van der Waals surface area contributed by atoms with Gasteiger partial charge in [-0.1, -0.05) is 84.9 Å². The average molecular weight is 597 g/mol. The van der Waals surface area contributed by atoms with Gasteiger partial charge >= 0.3 is 12.1 Å². The summed E-state index contributed by atoms with van der Waals surface area (Å²) in [5, 5.41) is 6.36. The predicted octanol–water partition coefficient (Wildman–Crippen LogP) is 6.59. The summed E-state index contributed by atoms with van der Waals surface area (Å²) in [6.45, 7) is 0.928. The third-order valence-electron chi connectivity index (χ3n) is 7.18. The quantitative estimate of drug-likeness (QED) is 0.111. The molecule has 0 saturated carbocycles. The normalized spacial score (nSPS) is 11.4. The average Bonchev–Trinajstić information content (AvgIpc) is 3.08. The van der Waals surface area contributed by atoms with Gasteiger partial charge in [0.05, 0.1) is 20.3 Å². The Morgan fingerprint density at radius 2 is 1.14 bits per heavy atom. The van der Waals surface area contributed by atoms with E-state index in [1.54, 1.807) is 14.2 Å². The molecule has 0 aliphatic rings. The van der Waals surface area contributed by atoms with Gasteiger partial charge < -0.3 is 29.6 Å². The maximum absolute atomic E-state index is 13.0. The van der Waals surface area contributed by atoms with Gasteiger partial charge in [-0.15, -0.1) is 0 Å². The number of nitrogens with one attached hydrogen (secondary N) is 2. The van der Waals surface area contributed by atoms with Crippen LogP contribution in [0, 0.1) is 0 Å². The Bertz CT molecular complexity index is 1370. The summed E-state index contributed by atoms with van der Waals surface area (Å²) in [4.78, 5) is 25.7. The SMILES string of the molecule is COc1ccc(C(NCCCC[C@H](NC(=O)OCc2ccccc2)C(=O)OCc2ccccc2)c2ccc(OC)cc2)cc1. The minimum atomic E-state index is -0.832. The van der Waals surface area contributed by atoms with Crippen molar-refractivity contribution in [1.29, 1.82) is 0 Å². The zero-order valence-electron chi connectivity index (χ0n) is 25.2. The minimum absolute atomic E-state index is 0.0514. The fraction of sp³-hybridized carbons (Fsp3) is 0.278. The third-order valence-corrected chi connectivity index (χ3v) is 7.18. The highest BCUT2D eigenvalue weighted by Crippen LogP contribution is 2.26. The number of carbonyl (C=O) groups is 2. The number of rotatable bonds is 16. The highest BCUT2D eigenvalue weighted by Gasteiger charge is 2.23. The molecule has 0 saturated heterocycles. The Balaban J connectivity index is 1.34. The molecule has 0 fully saturated rings. The molecule has 4 rings (SSSR count). The molecule has 1 atom stereocenters. The monoisotopic (exact) mass is 596 g/mol. The smallest absolute Gasteiger partial charge is 0.408 e. The Morgan fingerprint density at radius 1 is 0.636 bits per heavy atom. The van der Waals surface area contributed by atoms with Gasteiger partial charge in [0.15, 0.2) is 0 Å². The molecule has 8 nitrogen and oxygen atoms in total. The highest BCUT2D eigenvalue weighted by molar-refractivity contribution is 5.81. The Labute approximate surface area is 259 Å². The Morgan fingerprint density at radius 3 is 1.64 bits per heavy atom. The van der Waals surface area contributed by atoms with Gasteiger partial charge in [-0.2, -0.15) is 0 Å². The van der Waals surface area contributed by atoms with Crippen LogP contribution in [0.15, 0.2) is 109 Å². The van der Waals surface area contributed by atoms with Crippen molar-refractivity contribution >= 4 is 12.1 Å². The number of unbranched alkanes of at least 4 members (excludes halogenated alkanes) is 1. The number of methoxy groups -OCH3 is 2. The molecule has 0 aliphatic carbocycles. The lowest BCUT2D eigenvalue weighted by atomic mass is 9.98. The van der Waals surface area contributed by atoms with E-state index >= 15 is 0 Å². The molecule has 2 N–H and O–H groups in total. The lowest BCUT2D eigenvalue weighted by molar-refractivity contribution is -0.147. The molecule has 0 heterocycles. The molecule has 0 radical (unpaired) electrons. The molecule has 44 heavy (non-hydrogen) atoms. The first-order valence-electron chi connectivity index (χ1n) is 14.7. The van der Waals surface area contributed by atoms with Crippen molar-refractivity contribution in [3.8, 4) is 11.5 Å². The molecule has 1 amide bonds. The largest absolute Gasteiger partial charge is 0.497 e. The molecule has 0 unspecified atom stereocenters. The first-order valence-corrected chi connectivity index (χ1v) is 14.7. The Hall–Kier alpha value is -4.82. The van der Waals surface area contributed by atoms with E-state index in [9.17, 15) is 9.59 Å². The summed E-state index contributed by atoms with van der Waals surface area (Å²) in [6, 6.07) is 33.9. The summed E-state index contributed by atoms with van der Waals surface area (Å²) in [5.74, 6) is 1.09. The number of esters is 1. The van der Waals surface area contributed by atoms with Crippen LogP contribution in [-0.2, 0) is 27.5 Å². The second-order valence-corrected chi connectivity index (χ2v) is 10.3. The maximum Gasteiger partial charge on any atom is 0.408 e. The van der Waals surface area contributed by atoms with Gasteiger partial charge in [0.2, 0.25) is 0 Å². The predicted molar refractivity (Wildman–Crippen MR) is 169 cm³/mol. The van der Waals surface area contributed by atoms with Crippen LogP contribution in [0.1, 0.15) is 47.6 Å². The van der Waals surface area contributed by atoms with Crippen LogP contribution >= 0.6 is 0 Å². The molecular formula is C36H40N2O6. The van der Waals surface area contributed by atoms with E-state index in [2.05, 4.69) is 10.6 Å². The summed E-state index contributed by atoms with van der Waals surface area (Å²) in [5.41, 5.74) is 3.93. The van der Waals surface area contributed by atoms with Gasteiger partial charge in [-0.3, -0.25) is 0 Å². The summed E-state index contributed by atoms with van der Waals surface area (Å²) < 4.78 is 21.6. The highest BCUT2D eigenvalue weighted by atomic mass is 16.6. The van der Waals surface area contributed by atoms with Crippen molar-refractivity contribution in [2.75, 3.05) is 20.8 Å². The molecule has 4 aromatic carbocycles. The summed E-state index contributed by atoms with van der Waals surface area (Å²) in [6.07, 6.45) is 1.19. The first-order chi connectivity index (χ1) is 21.6. The minimum Gasteiger partial charge on any atom is -0.497 e. The van der Waals surface area contributed by atoms with Crippen molar-refractivity contribution < 1.29 is 28.5 Å². The van der Waals surface area contributed by atoms with E-state index in [-0.39, 0.29) is 19.3 Å². The van der Waals surface area contributed by atoms with Crippen LogP contribution in [0.4, 0.5) is 4.79 Å². The van der Waals surface area contributed by atoms with Crippen molar-refractivity contribution in [2.24, 2.45) is 0 Å². The summed E-state index contributed by atoms with van der Waals surface area (Å²) >= 11 is 0. The molecule has 230 valence electrons. The van der Waals surface area contributed by atoms with Crippen molar-refractivity contribution in [3.05, 3.63) is 131 Å². The van der Waals surface area contributed by atoms with E-state index in [0.29, 0.717) is 19.4 Å². The molecule has 0 spiro atoms. The number of amides is 1. The first kappa shape index (κ1) is 32.1. The zero-order chi connectivity index (χ0) is 31.0. The van der Waals surface area contributed by atoms with Crippen LogP contribution in [-0.4, -0.2) is 38.9 Å². The number of hydrogen-bond acceptors (Lipinski definition) is 7. The van der Waals surface area contributed by atoms with Gasteiger partial charge in [0, 0.05) is 0 Å². The van der Waals surface area contributed by atoms with E-state index in [0.717, 1.165) is 40.2 Å². The second kappa shape index (κ2) is 17.3. The Kier molecular flexibility index (Phi) is 12.6. The molecule has 0 bridgehead atoms. The van der Waals surface area contributed by atoms with Gasteiger partial charge in [0.25, 0.3) is 0 Å². The van der Waals surface area contributed by atoms with Crippen molar-refractivity contribution in [1.82, 2.24) is 10.6 Å². The molecular weight excluding hydrogens is 556 g/mol. The zero-order valence-corrected chi connectivity index (χ0v) is 25.2. The van der Waals surface area contributed by atoms with Gasteiger partial charge in [-0.25, -0.2) is 9.59 Å². The molecule has 0 aromatic heterocycles. The number of benzene rings is 4. The van der Waals surface area contributed by atoms with E-state index in [1.807, 2.05) is 109 Å².